The third-order valence-electron chi connectivity index (χ3n) is 3.18. The minimum atomic E-state index is -3.38. The van der Waals surface area contributed by atoms with E-state index in [0.717, 1.165) is 11.8 Å². The Kier molecular flexibility index (Phi) is 3.58. The van der Waals surface area contributed by atoms with E-state index < -0.39 is 15.8 Å². The van der Waals surface area contributed by atoms with Gasteiger partial charge in [0.1, 0.15) is 5.82 Å². The summed E-state index contributed by atoms with van der Waals surface area (Å²) >= 11 is 6.07. The lowest BCUT2D eigenvalue weighted by Gasteiger charge is -2.04. The molecule has 1 aromatic heterocycles. The summed E-state index contributed by atoms with van der Waals surface area (Å²) in [6, 6.07) is 11.1. The van der Waals surface area contributed by atoms with Crippen LogP contribution in [0.15, 0.2) is 42.5 Å². The zero-order valence-corrected chi connectivity index (χ0v) is 13.1. The standard InChI is InChI=1S/C15H12ClFN2O2S/c1-22(20,21)19-14-4-2-3-13-11(14)8-15(18-13)10-6-5-9(17)7-12(10)16/h2-8,18-19H,1H3. The van der Waals surface area contributed by atoms with Crippen molar-refractivity contribution in [1.82, 2.24) is 4.98 Å². The van der Waals surface area contributed by atoms with E-state index in [9.17, 15) is 12.8 Å². The molecule has 0 saturated heterocycles. The first-order valence-corrected chi connectivity index (χ1v) is 8.65. The van der Waals surface area contributed by atoms with E-state index in [0.29, 0.717) is 22.3 Å². The molecule has 0 spiro atoms. The molecule has 0 fully saturated rings. The van der Waals surface area contributed by atoms with E-state index in [2.05, 4.69) is 9.71 Å². The second-order valence-electron chi connectivity index (χ2n) is 4.95. The fourth-order valence-electron chi connectivity index (χ4n) is 2.30. The molecule has 0 aliphatic carbocycles. The summed E-state index contributed by atoms with van der Waals surface area (Å²) in [6.07, 6.45) is 1.09. The van der Waals surface area contributed by atoms with Crippen LogP contribution in [0.2, 0.25) is 5.02 Å². The summed E-state index contributed by atoms with van der Waals surface area (Å²) in [4.78, 5) is 3.16. The average Bonchev–Trinajstić information content (AvgIpc) is 2.81. The van der Waals surface area contributed by atoms with Crippen LogP contribution in [0.3, 0.4) is 0 Å². The van der Waals surface area contributed by atoms with Crippen LogP contribution >= 0.6 is 11.6 Å². The van der Waals surface area contributed by atoms with E-state index >= 15 is 0 Å². The molecule has 2 aromatic carbocycles. The van der Waals surface area contributed by atoms with Gasteiger partial charge in [-0.2, -0.15) is 0 Å². The molecule has 0 bridgehead atoms. The number of sulfonamides is 1. The predicted octanol–water partition coefficient (Wildman–Crippen LogP) is 4.00. The van der Waals surface area contributed by atoms with Gasteiger partial charge in [-0.25, -0.2) is 12.8 Å². The van der Waals surface area contributed by atoms with Crippen molar-refractivity contribution in [2.75, 3.05) is 11.0 Å². The van der Waals surface area contributed by atoms with Gasteiger partial charge in [0, 0.05) is 22.2 Å². The van der Waals surface area contributed by atoms with E-state index in [1.165, 1.54) is 12.1 Å². The van der Waals surface area contributed by atoms with Crippen molar-refractivity contribution < 1.29 is 12.8 Å². The molecule has 3 rings (SSSR count). The summed E-state index contributed by atoms with van der Waals surface area (Å²) in [6.45, 7) is 0. The smallest absolute Gasteiger partial charge is 0.229 e. The molecule has 22 heavy (non-hydrogen) atoms. The van der Waals surface area contributed by atoms with Gasteiger partial charge in [-0.1, -0.05) is 17.7 Å². The average molecular weight is 339 g/mol. The molecule has 0 saturated carbocycles. The number of hydrogen-bond acceptors (Lipinski definition) is 2. The molecule has 0 aliphatic heterocycles. The van der Waals surface area contributed by atoms with Crippen molar-refractivity contribution in [2.45, 2.75) is 0 Å². The molecule has 1 heterocycles. The zero-order chi connectivity index (χ0) is 15.9. The molecule has 0 amide bonds. The summed E-state index contributed by atoms with van der Waals surface area (Å²) in [5.41, 5.74) is 2.55. The monoisotopic (exact) mass is 338 g/mol. The lowest BCUT2D eigenvalue weighted by atomic mass is 10.1. The van der Waals surface area contributed by atoms with E-state index in [1.807, 2.05) is 6.07 Å². The first-order valence-electron chi connectivity index (χ1n) is 6.38. The van der Waals surface area contributed by atoms with Crippen LogP contribution in [-0.2, 0) is 10.0 Å². The van der Waals surface area contributed by atoms with Crippen LogP contribution < -0.4 is 4.72 Å². The lowest BCUT2D eigenvalue weighted by molar-refractivity contribution is 0.607. The van der Waals surface area contributed by atoms with Crippen LogP contribution in [0.4, 0.5) is 10.1 Å². The molecule has 2 N–H and O–H groups in total. The molecular formula is C15H12ClFN2O2S. The lowest BCUT2D eigenvalue weighted by Crippen LogP contribution is -2.09. The fraction of sp³-hybridized carbons (Fsp3) is 0.0667. The van der Waals surface area contributed by atoms with Crippen LogP contribution in [-0.4, -0.2) is 19.7 Å². The Morgan fingerprint density at radius 1 is 1.18 bits per heavy atom. The second-order valence-corrected chi connectivity index (χ2v) is 7.10. The highest BCUT2D eigenvalue weighted by atomic mass is 35.5. The quantitative estimate of drug-likeness (QED) is 0.758. The molecule has 3 aromatic rings. The second kappa shape index (κ2) is 5.30. The van der Waals surface area contributed by atoms with Crippen LogP contribution in [0.5, 0.6) is 0 Å². The summed E-state index contributed by atoms with van der Waals surface area (Å²) < 4.78 is 38.5. The Labute approximate surface area is 132 Å². The Bertz CT molecular complexity index is 967. The number of fused-ring (bicyclic) bond motifs is 1. The van der Waals surface area contributed by atoms with E-state index in [-0.39, 0.29) is 5.02 Å². The third-order valence-corrected chi connectivity index (χ3v) is 4.08. The number of benzene rings is 2. The molecule has 0 unspecified atom stereocenters. The first kappa shape index (κ1) is 14.9. The number of anilines is 1. The van der Waals surface area contributed by atoms with Gasteiger partial charge >= 0.3 is 0 Å². The maximum Gasteiger partial charge on any atom is 0.229 e. The number of nitrogens with one attached hydrogen (secondary N) is 2. The Morgan fingerprint density at radius 2 is 1.95 bits per heavy atom. The molecule has 7 heteroatoms. The van der Waals surface area contributed by atoms with Crippen molar-refractivity contribution >= 4 is 38.2 Å². The predicted molar refractivity (Wildman–Crippen MR) is 87.2 cm³/mol. The van der Waals surface area contributed by atoms with Crippen LogP contribution in [0.1, 0.15) is 0 Å². The summed E-state index contributed by atoms with van der Waals surface area (Å²) in [7, 11) is -3.38. The van der Waals surface area contributed by atoms with Crippen molar-refractivity contribution in [1.29, 1.82) is 0 Å². The van der Waals surface area contributed by atoms with E-state index in [4.69, 9.17) is 11.6 Å². The normalized spacial score (nSPS) is 11.8. The van der Waals surface area contributed by atoms with Gasteiger partial charge in [-0.15, -0.1) is 0 Å². The van der Waals surface area contributed by atoms with Crippen molar-refractivity contribution in [3.05, 3.63) is 53.3 Å². The maximum absolute atomic E-state index is 13.1. The SMILES string of the molecule is CS(=O)(=O)Nc1cccc2[nH]c(-c3ccc(F)cc3Cl)cc12. The first-order chi connectivity index (χ1) is 10.3. The summed E-state index contributed by atoms with van der Waals surface area (Å²) in [5, 5.41) is 0.993. The van der Waals surface area contributed by atoms with Gasteiger partial charge in [0.05, 0.1) is 17.0 Å². The Balaban J connectivity index is 2.16. The fourth-order valence-corrected chi connectivity index (χ4v) is 3.14. The van der Waals surface area contributed by atoms with Gasteiger partial charge in [-0.3, -0.25) is 4.72 Å². The Morgan fingerprint density at radius 3 is 2.64 bits per heavy atom. The highest BCUT2D eigenvalue weighted by molar-refractivity contribution is 7.92. The molecule has 0 radical (unpaired) electrons. The highest BCUT2D eigenvalue weighted by Gasteiger charge is 2.12. The van der Waals surface area contributed by atoms with Gasteiger partial charge in [0.2, 0.25) is 10.0 Å². The Hall–Kier alpha value is -2.05. The number of aromatic nitrogens is 1. The topological polar surface area (TPSA) is 62.0 Å². The number of H-pyrrole nitrogens is 1. The van der Waals surface area contributed by atoms with Gasteiger partial charge in [-0.05, 0) is 36.4 Å². The van der Waals surface area contributed by atoms with Crippen molar-refractivity contribution in [3.63, 3.8) is 0 Å². The van der Waals surface area contributed by atoms with Gasteiger partial charge in [0.25, 0.3) is 0 Å². The minimum Gasteiger partial charge on any atom is -0.354 e. The zero-order valence-electron chi connectivity index (χ0n) is 11.5. The molecule has 0 atom stereocenters. The molecule has 4 nitrogen and oxygen atoms in total. The van der Waals surface area contributed by atoms with Crippen molar-refractivity contribution in [2.24, 2.45) is 0 Å². The number of hydrogen-bond donors (Lipinski definition) is 2. The van der Waals surface area contributed by atoms with Crippen LogP contribution in [0.25, 0.3) is 22.2 Å². The molecule has 0 aliphatic rings. The third kappa shape index (κ3) is 2.93. The van der Waals surface area contributed by atoms with E-state index in [1.54, 1.807) is 24.3 Å². The largest absolute Gasteiger partial charge is 0.354 e. The summed E-state index contributed by atoms with van der Waals surface area (Å²) in [5.74, 6) is -0.413. The number of halogens is 2. The molecule has 114 valence electrons. The maximum atomic E-state index is 13.1. The minimum absolute atomic E-state index is 0.282. The molecular weight excluding hydrogens is 327 g/mol. The highest BCUT2D eigenvalue weighted by Crippen LogP contribution is 2.33. The van der Waals surface area contributed by atoms with Crippen LogP contribution in [0, 0.1) is 5.82 Å². The van der Waals surface area contributed by atoms with Gasteiger partial charge < -0.3 is 4.98 Å². The number of rotatable bonds is 3. The van der Waals surface area contributed by atoms with Gasteiger partial charge in [0.15, 0.2) is 0 Å². The van der Waals surface area contributed by atoms with Crippen molar-refractivity contribution in [3.8, 4) is 11.3 Å². The number of aromatic amines is 1.